The number of fused-ring (bicyclic) bond motifs is 1. The van der Waals surface area contributed by atoms with Crippen molar-refractivity contribution in [3.05, 3.63) is 59.0 Å². The average Bonchev–Trinajstić information content (AvgIpc) is 3.23. The summed E-state index contributed by atoms with van der Waals surface area (Å²) in [5.74, 6) is 7.15. The molecule has 174 valence electrons. The largest absolute Gasteiger partial charge is 0.494 e. The molecule has 0 radical (unpaired) electrons. The van der Waals surface area contributed by atoms with Crippen LogP contribution in [0.1, 0.15) is 27.2 Å². The van der Waals surface area contributed by atoms with Gasteiger partial charge in [0, 0.05) is 43.2 Å². The lowest BCUT2D eigenvalue weighted by Crippen LogP contribution is -2.40. The van der Waals surface area contributed by atoms with Crippen molar-refractivity contribution >= 4 is 17.3 Å². The van der Waals surface area contributed by atoms with Gasteiger partial charge in [0.1, 0.15) is 5.75 Å². The quantitative estimate of drug-likeness (QED) is 0.450. The van der Waals surface area contributed by atoms with Gasteiger partial charge in [0.05, 0.1) is 54.6 Å². The van der Waals surface area contributed by atoms with E-state index in [1.807, 2.05) is 31.2 Å². The first kappa shape index (κ1) is 22.0. The summed E-state index contributed by atoms with van der Waals surface area (Å²) >= 11 is 0. The van der Waals surface area contributed by atoms with Crippen LogP contribution in [-0.2, 0) is 11.2 Å². The van der Waals surface area contributed by atoms with Gasteiger partial charge >= 0.3 is 0 Å². The second-order valence-corrected chi connectivity index (χ2v) is 8.29. The lowest BCUT2D eigenvalue weighted by atomic mass is 10.0. The van der Waals surface area contributed by atoms with Gasteiger partial charge < -0.3 is 25.1 Å². The Morgan fingerprint density at radius 2 is 2.18 bits per heavy atom. The molecule has 0 spiro atoms. The lowest BCUT2D eigenvalue weighted by molar-refractivity contribution is 0.0925. The van der Waals surface area contributed by atoms with Crippen LogP contribution in [-0.4, -0.2) is 55.3 Å². The maximum atomic E-state index is 12.9. The molecule has 3 aromatic rings. The summed E-state index contributed by atoms with van der Waals surface area (Å²) in [6.45, 7) is 4.62. The standard InChI is InChI=1S/C26H27N5O3/c1-16-4-3-5-21(25(16)33-2)31-24-22-20(9-11-29-26(22)32)30-23(24)19-8-10-27-14-17(19)6-7-18-15-34-13-12-28-18/h3-5,8,10,14,18,28,30-31H,9,11-13,15H2,1-2H3,(H,29,32). The number of H-pyrrole nitrogens is 1. The summed E-state index contributed by atoms with van der Waals surface area (Å²) in [5, 5.41) is 9.79. The molecule has 0 bridgehead atoms. The fourth-order valence-electron chi connectivity index (χ4n) is 4.40. The molecule has 8 nitrogen and oxygen atoms in total. The molecule has 1 fully saturated rings. The summed E-state index contributed by atoms with van der Waals surface area (Å²) < 4.78 is 11.2. The van der Waals surface area contributed by atoms with Gasteiger partial charge in [-0.3, -0.25) is 15.1 Å². The minimum absolute atomic E-state index is 0.0291. The molecule has 1 saturated heterocycles. The summed E-state index contributed by atoms with van der Waals surface area (Å²) in [6.07, 6.45) is 4.21. The van der Waals surface area contributed by atoms with Crippen LogP contribution in [0.15, 0.2) is 36.7 Å². The molecule has 5 rings (SSSR count). The van der Waals surface area contributed by atoms with E-state index in [4.69, 9.17) is 9.47 Å². The first-order valence-corrected chi connectivity index (χ1v) is 11.4. The molecule has 2 aliphatic rings. The minimum Gasteiger partial charge on any atom is -0.494 e. The van der Waals surface area contributed by atoms with Crippen molar-refractivity contribution in [2.75, 3.05) is 38.7 Å². The topological polar surface area (TPSA) is 100 Å². The molecular weight excluding hydrogens is 430 g/mol. The Balaban J connectivity index is 1.62. The van der Waals surface area contributed by atoms with Crippen LogP contribution in [0.5, 0.6) is 5.75 Å². The Kier molecular flexibility index (Phi) is 6.21. The SMILES string of the molecule is COc1c(C)cccc1Nc1c(-c2ccncc2C#CC2COCCN2)[nH]c2c1C(=O)NCC2. The van der Waals surface area contributed by atoms with Crippen molar-refractivity contribution in [3.63, 3.8) is 0 Å². The number of amides is 1. The number of pyridine rings is 1. The van der Waals surface area contributed by atoms with Crippen molar-refractivity contribution < 1.29 is 14.3 Å². The molecule has 1 aromatic carbocycles. The number of aromatic nitrogens is 2. The number of benzene rings is 1. The third-order valence-corrected chi connectivity index (χ3v) is 6.03. The number of methoxy groups -OCH3 is 1. The van der Waals surface area contributed by atoms with E-state index in [9.17, 15) is 4.79 Å². The fraction of sp³-hybridized carbons (Fsp3) is 0.308. The van der Waals surface area contributed by atoms with Crippen molar-refractivity contribution in [2.24, 2.45) is 0 Å². The molecule has 0 saturated carbocycles. The second kappa shape index (κ2) is 9.59. The summed E-state index contributed by atoms with van der Waals surface area (Å²) in [5.41, 5.74) is 6.43. The normalized spacial score (nSPS) is 17.2. The maximum absolute atomic E-state index is 12.9. The molecule has 4 N–H and O–H groups in total. The van der Waals surface area contributed by atoms with Crippen molar-refractivity contribution in [3.8, 4) is 28.8 Å². The third kappa shape index (κ3) is 4.23. The number of carbonyl (C=O) groups is 1. The highest BCUT2D eigenvalue weighted by Gasteiger charge is 2.28. The highest BCUT2D eigenvalue weighted by atomic mass is 16.5. The second-order valence-electron chi connectivity index (χ2n) is 8.29. The van der Waals surface area contributed by atoms with Crippen molar-refractivity contribution in [1.29, 1.82) is 0 Å². The maximum Gasteiger partial charge on any atom is 0.255 e. The smallest absolute Gasteiger partial charge is 0.255 e. The van der Waals surface area contributed by atoms with Crippen LogP contribution in [0, 0.1) is 18.8 Å². The molecule has 1 atom stereocenters. The van der Waals surface area contributed by atoms with E-state index < -0.39 is 0 Å². The van der Waals surface area contributed by atoms with Crippen molar-refractivity contribution in [1.82, 2.24) is 20.6 Å². The Morgan fingerprint density at radius 3 is 3.00 bits per heavy atom. The Hall–Kier alpha value is -3.80. The molecule has 4 heterocycles. The molecular formula is C26H27N5O3. The molecule has 8 heteroatoms. The monoisotopic (exact) mass is 457 g/mol. The van der Waals surface area contributed by atoms with Gasteiger partial charge in [-0.25, -0.2) is 0 Å². The van der Waals surface area contributed by atoms with E-state index >= 15 is 0 Å². The van der Waals surface area contributed by atoms with Crippen molar-refractivity contribution in [2.45, 2.75) is 19.4 Å². The Morgan fingerprint density at radius 1 is 1.26 bits per heavy atom. The highest BCUT2D eigenvalue weighted by molar-refractivity contribution is 6.06. The Bertz CT molecular complexity index is 1280. The van der Waals surface area contributed by atoms with E-state index in [1.54, 1.807) is 19.5 Å². The van der Waals surface area contributed by atoms with Crippen LogP contribution in [0.2, 0.25) is 0 Å². The third-order valence-electron chi connectivity index (χ3n) is 6.03. The number of nitrogens with zero attached hydrogens (tertiary/aromatic N) is 1. The van der Waals surface area contributed by atoms with Gasteiger partial charge in [-0.15, -0.1) is 0 Å². The van der Waals surface area contributed by atoms with E-state index in [0.717, 1.165) is 52.5 Å². The van der Waals surface area contributed by atoms with E-state index in [1.165, 1.54) is 0 Å². The molecule has 2 aliphatic heterocycles. The summed E-state index contributed by atoms with van der Waals surface area (Å²) in [7, 11) is 1.65. The number of para-hydroxylation sites is 1. The first-order chi connectivity index (χ1) is 16.7. The number of ether oxygens (including phenoxy) is 2. The van der Waals surface area contributed by atoms with Gasteiger partial charge in [-0.1, -0.05) is 24.0 Å². The number of aromatic amines is 1. The average molecular weight is 458 g/mol. The molecule has 2 aromatic heterocycles. The zero-order valence-electron chi connectivity index (χ0n) is 19.2. The molecule has 1 unspecified atom stereocenters. The van der Waals surface area contributed by atoms with E-state index in [-0.39, 0.29) is 11.9 Å². The van der Waals surface area contributed by atoms with Gasteiger partial charge in [-0.2, -0.15) is 0 Å². The first-order valence-electron chi connectivity index (χ1n) is 11.4. The van der Waals surface area contributed by atoms with Crippen LogP contribution in [0.3, 0.4) is 0 Å². The van der Waals surface area contributed by atoms with Gasteiger partial charge in [-0.05, 0) is 24.6 Å². The summed E-state index contributed by atoms with van der Waals surface area (Å²) in [4.78, 5) is 20.7. The molecule has 1 amide bonds. The predicted molar refractivity (Wildman–Crippen MR) is 131 cm³/mol. The van der Waals surface area contributed by atoms with Crippen LogP contribution < -0.4 is 20.7 Å². The number of hydrogen-bond donors (Lipinski definition) is 4. The van der Waals surface area contributed by atoms with Crippen LogP contribution in [0.25, 0.3) is 11.3 Å². The Labute approximate surface area is 198 Å². The van der Waals surface area contributed by atoms with Gasteiger partial charge in [0.15, 0.2) is 0 Å². The van der Waals surface area contributed by atoms with Crippen LogP contribution >= 0.6 is 0 Å². The van der Waals surface area contributed by atoms with Gasteiger partial charge in [0.2, 0.25) is 0 Å². The number of anilines is 2. The summed E-state index contributed by atoms with van der Waals surface area (Å²) in [6, 6.07) is 7.78. The number of morpholine rings is 1. The predicted octanol–water partition coefficient (Wildman–Crippen LogP) is 2.76. The number of hydrogen-bond acceptors (Lipinski definition) is 6. The number of carbonyl (C=O) groups excluding carboxylic acids is 1. The molecule has 34 heavy (non-hydrogen) atoms. The minimum atomic E-state index is -0.108. The van der Waals surface area contributed by atoms with E-state index in [2.05, 4.69) is 37.8 Å². The number of rotatable bonds is 4. The van der Waals surface area contributed by atoms with E-state index in [0.29, 0.717) is 31.0 Å². The van der Waals surface area contributed by atoms with Gasteiger partial charge in [0.25, 0.3) is 5.91 Å². The number of nitrogens with one attached hydrogen (secondary N) is 4. The fourth-order valence-corrected chi connectivity index (χ4v) is 4.40. The highest BCUT2D eigenvalue weighted by Crippen LogP contribution is 2.40. The van der Waals surface area contributed by atoms with Crippen LogP contribution in [0.4, 0.5) is 11.4 Å². The number of aryl methyl sites for hydroxylation is 1. The lowest BCUT2D eigenvalue weighted by Gasteiger charge is -2.19. The zero-order valence-corrected chi connectivity index (χ0v) is 19.2. The zero-order chi connectivity index (χ0) is 23.5. The molecule has 0 aliphatic carbocycles.